The Bertz CT molecular complexity index is 1420. The van der Waals surface area contributed by atoms with E-state index in [0.717, 1.165) is 49.8 Å². The summed E-state index contributed by atoms with van der Waals surface area (Å²) >= 11 is 0. The SMILES string of the molecule is CC(C)c1c(-c2cccc3c(N)c[nH]c23)[nH]c(C(=O)O)c1-c1cccc2[nH]ccc12. The van der Waals surface area contributed by atoms with Crippen molar-refractivity contribution in [3.05, 3.63) is 66.1 Å². The Labute approximate surface area is 172 Å². The topological polar surface area (TPSA) is 111 Å². The van der Waals surface area contributed by atoms with Crippen molar-refractivity contribution in [2.45, 2.75) is 19.8 Å². The summed E-state index contributed by atoms with van der Waals surface area (Å²) in [5.74, 6) is -0.889. The van der Waals surface area contributed by atoms with Gasteiger partial charge in [-0.25, -0.2) is 4.79 Å². The summed E-state index contributed by atoms with van der Waals surface area (Å²) in [4.78, 5) is 22.0. The van der Waals surface area contributed by atoms with Crippen molar-refractivity contribution in [2.24, 2.45) is 0 Å². The summed E-state index contributed by atoms with van der Waals surface area (Å²) < 4.78 is 0. The number of fused-ring (bicyclic) bond motifs is 2. The highest BCUT2D eigenvalue weighted by atomic mass is 16.4. The lowest BCUT2D eigenvalue weighted by Crippen LogP contribution is -2.00. The van der Waals surface area contributed by atoms with E-state index in [1.807, 2.05) is 48.7 Å². The molecule has 0 aliphatic heterocycles. The molecule has 6 N–H and O–H groups in total. The zero-order valence-corrected chi connectivity index (χ0v) is 16.7. The van der Waals surface area contributed by atoms with Gasteiger partial charge < -0.3 is 25.8 Å². The molecule has 0 bridgehead atoms. The summed E-state index contributed by atoms with van der Waals surface area (Å²) in [6.45, 7) is 4.17. The fourth-order valence-corrected chi connectivity index (χ4v) is 4.43. The molecule has 0 saturated carbocycles. The molecule has 0 unspecified atom stereocenters. The monoisotopic (exact) mass is 398 g/mol. The summed E-state index contributed by atoms with van der Waals surface area (Å²) in [5, 5.41) is 12.0. The first-order valence-electron chi connectivity index (χ1n) is 9.89. The molecular weight excluding hydrogens is 376 g/mol. The molecule has 0 amide bonds. The van der Waals surface area contributed by atoms with Crippen molar-refractivity contribution in [1.82, 2.24) is 15.0 Å². The number of carboxylic acids is 1. The van der Waals surface area contributed by atoms with E-state index in [2.05, 4.69) is 28.8 Å². The van der Waals surface area contributed by atoms with E-state index in [9.17, 15) is 9.90 Å². The third-order valence-electron chi connectivity index (χ3n) is 5.71. The number of aromatic nitrogens is 3. The maximum absolute atomic E-state index is 12.3. The van der Waals surface area contributed by atoms with Gasteiger partial charge in [0.2, 0.25) is 0 Å². The molecule has 6 heteroatoms. The number of hydrogen-bond acceptors (Lipinski definition) is 2. The van der Waals surface area contributed by atoms with Gasteiger partial charge in [0, 0.05) is 39.8 Å². The van der Waals surface area contributed by atoms with Crippen LogP contribution in [-0.2, 0) is 0 Å². The molecule has 3 heterocycles. The van der Waals surface area contributed by atoms with Gasteiger partial charge in [0.1, 0.15) is 5.69 Å². The molecule has 5 rings (SSSR count). The number of carboxylic acid groups (broad SMARTS) is 1. The minimum Gasteiger partial charge on any atom is -0.477 e. The second-order valence-corrected chi connectivity index (χ2v) is 7.84. The number of nitrogens with one attached hydrogen (secondary N) is 3. The van der Waals surface area contributed by atoms with Gasteiger partial charge in [-0.1, -0.05) is 44.2 Å². The quantitative estimate of drug-likeness (QED) is 0.267. The molecule has 150 valence electrons. The summed E-state index contributed by atoms with van der Waals surface area (Å²) in [6, 6.07) is 13.8. The third-order valence-corrected chi connectivity index (χ3v) is 5.71. The van der Waals surface area contributed by atoms with Crippen molar-refractivity contribution in [3.63, 3.8) is 0 Å². The minimum atomic E-state index is -0.983. The fourth-order valence-electron chi connectivity index (χ4n) is 4.43. The summed E-state index contributed by atoms with van der Waals surface area (Å²) in [5.41, 5.74) is 13.1. The Balaban J connectivity index is 1.90. The highest BCUT2D eigenvalue weighted by Gasteiger charge is 2.27. The van der Waals surface area contributed by atoms with E-state index in [1.165, 1.54) is 0 Å². The number of nitrogen functional groups attached to an aromatic ring is 1. The first-order valence-corrected chi connectivity index (χ1v) is 9.89. The molecule has 6 nitrogen and oxygen atoms in total. The lowest BCUT2D eigenvalue weighted by molar-refractivity contribution is 0.0692. The molecule has 0 saturated heterocycles. The number of carbonyl (C=O) groups is 1. The second kappa shape index (κ2) is 6.56. The maximum Gasteiger partial charge on any atom is 0.352 e. The molecule has 0 spiro atoms. The number of rotatable bonds is 4. The van der Waals surface area contributed by atoms with Crippen LogP contribution in [0.15, 0.2) is 54.9 Å². The fraction of sp³-hybridized carbons (Fsp3) is 0.125. The first kappa shape index (κ1) is 18.1. The molecule has 0 aliphatic carbocycles. The van der Waals surface area contributed by atoms with Crippen LogP contribution in [0, 0.1) is 0 Å². The maximum atomic E-state index is 12.3. The molecule has 0 atom stereocenters. The Morgan fingerprint density at radius 3 is 2.53 bits per heavy atom. The number of para-hydroxylation sites is 1. The van der Waals surface area contributed by atoms with E-state index in [-0.39, 0.29) is 11.6 Å². The van der Waals surface area contributed by atoms with Crippen LogP contribution in [0.3, 0.4) is 0 Å². The Hall–Kier alpha value is -3.93. The van der Waals surface area contributed by atoms with Crippen LogP contribution in [0.25, 0.3) is 44.2 Å². The van der Waals surface area contributed by atoms with Gasteiger partial charge in [-0.15, -0.1) is 0 Å². The van der Waals surface area contributed by atoms with Gasteiger partial charge in [-0.2, -0.15) is 0 Å². The smallest absolute Gasteiger partial charge is 0.352 e. The molecule has 5 aromatic rings. The average molecular weight is 398 g/mol. The molecule has 30 heavy (non-hydrogen) atoms. The average Bonchev–Trinajstić information content (AvgIpc) is 3.44. The number of nitrogens with two attached hydrogens (primary N) is 1. The van der Waals surface area contributed by atoms with Gasteiger partial charge in [0.15, 0.2) is 0 Å². The number of anilines is 1. The van der Waals surface area contributed by atoms with Crippen molar-refractivity contribution < 1.29 is 9.90 Å². The van der Waals surface area contributed by atoms with Crippen molar-refractivity contribution in [2.75, 3.05) is 5.73 Å². The van der Waals surface area contributed by atoms with Crippen molar-refractivity contribution in [3.8, 4) is 22.4 Å². The highest BCUT2D eigenvalue weighted by Crippen LogP contribution is 2.43. The van der Waals surface area contributed by atoms with E-state index in [0.29, 0.717) is 5.69 Å². The van der Waals surface area contributed by atoms with Crippen LogP contribution in [-0.4, -0.2) is 26.0 Å². The molecule has 0 fully saturated rings. The van der Waals surface area contributed by atoms with E-state index in [1.54, 1.807) is 6.20 Å². The second-order valence-electron chi connectivity index (χ2n) is 7.84. The van der Waals surface area contributed by atoms with Gasteiger partial charge in [-0.3, -0.25) is 0 Å². The van der Waals surface area contributed by atoms with Crippen molar-refractivity contribution in [1.29, 1.82) is 0 Å². The molecule has 0 radical (unpaired) electrons. The Morgan fingerprint density at radius 1 is 1.00 bits per heavy atom. The zero-order valence-electron chi connectivity index (χ0n) is 16.7. The molecule has 0 aliphatic rings. The van der Waals surface area contributed by atoms with E-state index >= 15 is 0 Å². The zero-order chi connectivity index (χ0) is 21.0. The highest BCUT2D eigenvalue weighted by molar-refractivity contribution is 6.07. The Kier molecular flexibility index (Phi) is 3.96. The standard InChI is InChI=1S/C24H22N4O2/c1-12(2)19-20(14-5-4-8-18-13(14)9-10-26-18)23(24(29)30)28-22(19)16-7-3-6-15-17(25)11-27-21(15)16/h3-12,26-28H,25H2,1-2H3,(H,29,30). The predicted molar refractivity (Wildman–Crippen MR) is 121 cm³/mol. The van der Waals surface area contributed by atoms with Gasteiger partial charge >= 0.3 is 5.97 Å². The summed E-state index contributed by atoms with van der Waals surface area (Å²) in [6.07, 6.45) is 3.64. The molecule has 2 aromatic carbocycles. The minimum absolute atomic E-state index is 0.0936. The summed E-state index contributed by atoms with van der Waals surface area (Å²) in [7, 11) is 0. The van der Waals surface area contributed by atoms with E-state index < -0.39 is 5.97 Å². The third kappa shape index (κ3) is 2.54. The number of aromatic amines is 3. The van der Waals surface area contributed by atoms with Crippen LogP contribution in [0.5, 0.6) is 0 Å². The number of benzene rings is 2. The lowest BCUT2D eigenvalue weighted by atomic mass is 9.89. The number of aromatic carboxylic acids is 1. The van der Waals surface area contributed by atoms with Crippen LogP contribution < -0.4 is 5.73 Å². The number of H-pyrrole nitrogens is 3. The predicted octanol–water partition coefficient (Wildman–Crippen LogP) is 5.72. The van der Waals surface area contributed by atoms with Crippen molar-refractivity contribution >= 4 is 33.5 Å². The van der Waals surface area contributed by atoms with Gasteiger partial charge in [0.25, 0.3) is 0 Å². The molecular formula is C24H22N4O2. The normalized spacial score (nSPS) is 11.7. The molecule has 3 aromatic heterocycles. The van der Waals surface area contributed by atoms with Crippen LogP contribution in [0.1, 0.15) is 35.8 Å². The lowest BCUT2D eigenvalue weighted by Gasteiger charge is -2.13. The number of hydrogen-bond donors (Lipinski definition) is 5. The first-order chi connectivity index (χ1) is 14.5. The van der Waals surface area contributed by atoms with E-state index in [4.69, 9.17) is 5.73 Å². The van der Waals surface area contributed by atoms with Gasteiger partial charge in [-0.05, 0) is 29.2 Å². The van der Waals surface area contributed by atoms with Crippen LogP contribution in [0.4, 0.5) is 5.69 Å². The largest absolute Gasteiger partial charge is 0.477 e. The van der Waals surface area contributed by atoms with Crippen LogP contribution in [0.2, 0.25) is 0 Å². The van der Waals surface area contributed by atoms with Gasteiger partial charge in [0.05, 0.1) is 16.9 Å². The Morgan fingerprint density at radius 2 is 1.77 bits per heavy atom. The van der Waals surface area contributed by atoms with Crippen LogP contribution >= 0.6 is 0 Å².